The standard InChI is InChI=1S/C22H26N2O3/c1-26-20-10-7-19(8-11-20)9-12-22(25)24-15-13-23(14-16-24)17-18-27-21-5-3-2-4-6-21/h2-12H,13-18H2,1H3/b12-9+. The maximum absolute atomic E-state index is 12.4. The van der Waals surface area contributed by atoms with Crippen molar-refractivity contribution in [2.45, 2.75) is 0 Å². The van der Waals surface area contributed by atoms with E-state index in [1.54, 1.807) is 13.2 Å². The van der Waals surface area contributed by atoms with Crippen LogP contribution in [-0.2, 0) is 4.79 Å². The summed E-state index contributed by atoms with van der Waals surface area (Å²) < 4.78 is 10.9. The topological polar surface area (TPSA) is 42.0 Å². The Hall–Kier alpha value is -2.79. The molecule has 142 valence electrons. The third kappa shape index (κ3) is 5.86. The van der Waals surface area contributed by atoms with Crippen LogP contribution in [0.15, 0.2) is 60.7 Å². The monoisotopic (exact) mass is 366 g/mol. The van der Waals surface area contributed by atoms with Gasteiger partial charge in [0.2, 0.25) is 5.91 Å². The van der Waals surface area contributed by atoms with Crippen LogP contribution in [0, 0.1) is 0 Å². The van der Waals surface area contributed by atoms with Gasteiger partial charge in [-0.25, -0.2) is 0 Å². The van der Waals surface area contributed by atoms with Crippen molar-refractivity contribution in [1.82, 2.24) is 9.80 Å². The number of nitrogens with zero attached hydrogens (tertiary/aromatic N) is 2. The molecule has 1 fully saturated rings. The summed E-state index contributed by atoms with van der Waals surface area (Å²) in [5.74, 6) is 1.77. The zero-order valence-corrected chi connectivity index (χ0v) is 15.7. The number of methoxy groups -OCH3 is 1. The maximum Gasteiger partial charge on any atom is 0.246 e. The molecule has 0 aliphatic carbocycles. The molecule has 5 nitrogen and oxygen atoms in total. The highest BCUT2D eigenvalue weighted by Crippen LogP contribution is 2.13. The predicted octanol–water partition coefficient (Wildman–Crippen LogP) is 2.93. The second kappa shape index (κ2) is 9.78. The molecule has 1 heterocycles. The molecule has 0 unspecified atom stereocenters. The molecule has 3 rings (SSSR count). The molecule has 1 aliphatic rings. The number of rotatable bonds is 7. The Morgan fingerprint density at radius 1 is 0.963 bits per heavy atom. The van der Waals surface area contributed by atoms with Gasteiger partial charge >= 0.3 is 0 Å². The van der Waals surface area contributed by atoms with Crippen molar-refractivity contribution in [3.05, 3.63) is 66.2 Å². The van der Waals surface area contributed by atoms with Crippen molar-refractivity contribution in [2.24, 2.45) is 0 Å². The van der Waals surface area contributed by atoms with Gasteiger partial charge in [-0.3, -0.25) is 9.69 Å². The lowest BCUT2D eigenvalue weighted by atomic mass is 10.2. The molecule has 0 bridgehead atoms. The summed E-state index contributed by atoms with van der Waals surface area (Å²) in [7, 11) is 1.64. The molecule has 27 heavy (non-hydrogen) atoms. The summed E-state index contributed by atoms with van der Waals surface area (Å²) >= 11 is 0. The number of carbonyl (C=O) groups excluding carboxylic acids is 1. The number of hydrogen-bond acceptors (Lipinski definition) is 4. The number of hydrogen-bond donors (Lipinski definition) is 0. The highest BCUT2D eigenvalue weighted by molar-refractivity contribution is 5.91. The number of ether oxygens (including phenoxy) is 2. The SMILES string of the molecule is COc1ccc(/C=C/C(=O)N2CCN(CCOc3ccccc3)CC2)cc1. The first-order valence-electron chi connectivity index (χ1n) is 9.26. The van der Waals surface area contributed by atoms with Gasteiger partial charge in [-0.05, 0) is 35.9 Å². The van der Waals surface area contributed by atoms with E-state index in [1.807, 2.05) is 65.6 Å². The third-order valence-electron chi connectivity index (χ3n) is 4.64. The average Bonchev–Trinajstić information content (AvgIpc) is 2.73. The summed E-state index contributed by atoms with van der Waals surface area (Å²) in [5, 5.41) is 0. The van der Waals surface area contributed by atoms with Gasteiger partial charge in [0.05, 0.1) is 7.11 Å². The minimum absolute atomic E-state index is 0.0611. The summed E-state index contributed by atoms with van der Waals surface area (Å²) in [5.41, 5.74) is 0.987. The van der Waals surface area contributed by atoms with E-state index in [1.165, 1.54) is 0 Å². The minimum atomic E-state index is 0.0611. The molecule has 2 aromatic rings. The van der Waals surface area contributed by atoms with E-state index in [9.17, 15) is 4.79 Å². The quantitative estimate of drug-likeness (QED) is 0.707. The zero-order valence-electron chi connectivity index (χ0n) is 15.7. The number of carbonyl (C=O) groups is 1. The molecular weight excluding hydrogens is 340 g/mol. The molecule has 5 heteroatoms. The van der Waals surface area contributed by atoms with Gasteiger partial charge in [-0.15, -0.1) is 0 Å². The Morgan fingerprint density at radius 3 is 2.33 bits per heavy atom. The van der Waals surface area contributed by atoms with E-state index >= 15 is 0 Å². The summed E-state index contributed by atoms with van der Waals surface area (Å²) in [6.45, 7) is 4.78. The molecule has 2 aromatic carbocycles. The zero-order chi connectivity index (χ0) is 18.9. The highest BCUT2D eigenvalue weighted by atomic mass is 16.5. The van der Waals surface area contributed by atoms with Crippen molar-refractivity contribution >= 4 is 12.0 Å². The Kier molecular flexibility index (Phi) is 6.88. The fourth-order valence-electron chi connectivity index (χ4n) is 2.99. The van der Waals surface area contributed by atoms with E-state index in [0.29, 0.717) is 6.61 Å². The second-order valence-electron chi connectivity index (χ2n) is 6.43. The largest absolute Gasteiger partial charge is 0.497 e. The molecule has 0 atom stereocenters. The first-order valence-corrected chi connectivity index (χ1v) is 9.26. The summed E-state index contributed by atoms with van der Waals surface area (Å²) in [6, 6.07) is 17.5. The van der Waals surface area contributed by atoms with Gasteiger partial charge in [-0.1, -0.05) is 30.3 Å². The Morgan fingerprint density at radius 2 is 1.67 bits per heavy atom. The van der Waals surface area contributed by atoms with Crippen molar-refractivity contribution < 1.29 is 14.3 Å². The van der Waals surface area contributed by atoms with Crippen LogP contribution in [0.5, 0.6) is 11.5 Å². The summed E-state index contributed by atoms with van der Waals surface area (Å²) in [4.78, 5) is 16.6. The van der Waals surface area contributed by atoms with Gasteiger partial charge in [0, 0.05) is 38.8 Å². The van der Waals surface area contributed by atoms with Crippen LogP contribution in [-0.4, -0.2) is 62.1 Å². The molecule has 0 saturated carbocycles. The van der Waals surface area contributed by atoms with E-state index in [2.05, 4.69) is 4.90 Å². The number of para-hydroxylation sites is 1. The van der Waals surface area contributed by atoms with Gasteiger partial charge in [-0.2, -0.15) is 0 Å². The molecular formula is C22H26N2O3. The van der Waals surface area contributed by atoms with Crippen molar-refractivity contribution in [3.63, 3.8) is 0 Å². The predicted molar refractivity (Wildman–Crippen MR) is 107 cm³/mol. The Balaban J connectivity index is 1.38. The molecule has 0 aromatic heterocycles. The van der Waals surface area contributed by atoms with Crippen LogP contribution in [0.1, 0.15) is 5.56 Å². The highest BCUT2D eigenvalue weighted by Gasteiger charge is 2.19. The van der Waals surface area contributed by atoms with Crippen molar-refractivity contribution in [3.8, 4) is 11.5 Å². The first kappa shape index (κ1) is 19.0. The lowest BCUT2D eigenvalue weighted by molar-refractivity contribution is -0.127. The van der Waals surface area contributed by atoms with E-state index in [-0.39, 0.29) is 5.91 Å². The third-order valence-corrected chi connectivity index (χ3v) is 4.64. The lowest BCUT2D eigenvalue weighted by Crippen LogP contribution is -2.49. The summed E-state index contributed by atoms with van der Waals surface area (Å²) in [6.07, 6.45) is 3.50. The van der Waals surface area contributed by atoms with Gasteiger partial charge in [0.1, 0.15) is 18.1 Å². The van der Waals surface area contributed by atoms with Crippen LogP contribution in [0.4, 0.5) is 0 Å². The van der Waals surface area contributed by atoms with Crippen LogP contribution >= 0.6 is 0 Å². The Bertz CT molecular complexity index is 736. The number of benzene rings is 2. The smallest absolute Gasteiger partial charge is 0.246 e. The van der Waals surface area contributed by atoms with Gasteiger partial charge in [0.25, 0.3) is 0 Å². The average molecular weight is 366 g/mol. The molecule has 1 amide bonds. The van der Waals surface area contributed by atoms with Crippen molar-refractivity contribution in [2.75, 3.05) is 46.4 Å². The second-order valence-corrected chi connectivity index (χ2v) is 6.43. The van der Waals surface area contributed by atoms with Gasteiger partial charge in [0.15, 0.2) is 0 Å². The normalized spacial score (nSPS) is 15.1. The van der Waals surface area contributed by atoms with E-state index in [0.717, 1.165) is 49.8 Å². The lowest BCUT2D eigenvalue weighted by Gasteiger charge is -2.34. The number of piperazine rings is 1. The molecule has 0 spiro atoms. The fraction of sp³-hybridized carbons (Fsp3) is 0.318. The van der Waals surface area contributed by atoms with E-state index in [4.69, 9.17) is 9.47 Å². The van der Waals surface area contributed by atoms with Crippen LogP contribution in [0.3, 0.4) is 0 Å². The Labute approximate surface area is 160 Å². The fourth-order valence-corrected chi connectivity index (χ4v) is 2.99. The minimum Gasteiger partial charge on any atom is -0.497 e. The molecule has 0 radical (unpaired) electrons. The van der Waals surface area contributed by atoms with Gasteiger partial charge < -0.3 is 14.4 Å². The van der Waals surface area contributed by atoms with Crippen LogP contribution in [0.2, 0.25) is 0 Å². The first-order chi connectivity index (χ1) is 13.2. The molecule has 1 aliphatic heterocycles. The van der Waals surface area contributed by atoms with Crippen LogP contribution in [0.25, 0.3) is 6.08 Å². The number of amides is 1. The van der Waals surface area contributed by atoms with Crippen molar-refractivity contribution in [1.29, 1.82) is 0 Å². The molecule has 0 N–H and O–H groups in total. The molecule has 1 saturated heterocycles. The van der Waals surface area contributed by atoms with E-state index < -0.39 is 0 Å². The van der Waals surface area contributed by atoms with Crippen LogP contribution < -0.4 is 9.47 Å². The maximum atomic E-state index is 12.4.